The lowest BCUT2D eigenvalue weighted by Gasteiger charge is -2.53. The molecule has 4 heterocycles. The van der Waals surface area contributed by atoms with Crippen LogP contribution in [-0.2, 0) is 6.54 Å². The number of hydrogen-bond donors (Lipinski definition) is 0. The lowest BCUT2D eigenvalue weighted by Crippen LogP contribution is -2.70. The molecule has 0 atom stereocenters. The third-order valence-corrected chi connectivity index (χ3v) is 7.83. The van der Waals surface area contributed by atoms with Gasteiger partial charge in [0.1, 0.15) is 5.52 Å². The van der Waals surface area contributed by atoms with E-state index in [-0.39, 0.29) is 17.9 Å². The van der Waals surface area contributed by atoms with Gasteiger partial charge in [-0.3, -0.25) is 14.5 Å². The van der Waals surface area contributed by atoms with Gasteiger partial charge in [0.05, 0.1) is 6.04 Å². The van der Waals surface area contributed by atoms with Gasteiger partial charge >= 0.3 is 0 Å². The van der Waals surface area contributed by atoms with Gasteiger partial charge in [-0.15, -0.1) is 0 Å². The Morgan fingerprint density at radius 2 is 1.72 bits per heavy atom. The molecule has 3 aliphatic heterocycles. The molecule has 3 aliphatic rings. The molecule has 7 nitrogen and oxygen atoms in total. The van der Waals surface area contributed by atoms with E-state index >= 15 is 0 Å². The number of likely N-dealkylation sites (tertiary alicyclic amines) is 2. The first kappa shape index (κ1) is 21.6. The van der Waals surface area contributed by atoms with Crippen molar-refractivity contribution < 1.29 is 14.0 Å². The highest BCUT2D eigenvalue weighted by molar-refractivity contribution is 6.30. The molecule has 36 heavy (non-hydrogen) atoms. The molecule has 2 fully saturated rings. The first-order chi connectivity index (χ1) is 17.5. The van der Waals surface area contributed by atoms with E-state index in [9.17, 15) is 9.59 Å². The lowest BCUT2D eigenvalue weighted by molar-refractivity contribution is -0.0364. The highest BCUT2D eigenvalue weighted by atomic mass is 35.5. The molecule has 0 N–H and O–H groups in total. The predicted octanol–water partition coefficient (Wildman–Crippen LogP) is 4.31. The molecule has 0 radical (unpaired) electrons. The van der Waals surface area contributed by atoms with E-state index in [2.05, 4.69) is 9.88 Å². The topological polar surface area (TPSA) is 69.9 Å². The number of rotatable bonds is 4. The van der Waals surface area contributed by atoms with E-state index in [0.717, 1.165) is 29.8 Å². The van der Waals surface area contributed by atoms with Gasteiger partial charge in [0.25, 0.3) is 11.8 Å². The summed E-state index contributed by atoms with van der Waals surface area (Å²) in [5.74, 6) is 0.643. The van der Waals surface area contributed by atoms with Crippen LogP contribution < -0.4 is 0 Å². The number of oxazole rings is 1. The highest BCUT2D eigenvalue weighted by Crippen LogP contribution is 2.31. The van der Waals surface area contributed by atoms with Crippen LogP contribution in [0.15, 0.2) is 71.1 Å². The fourth-order valence-corrected chi connectivity index (χ4v) is 5.49. The van der Waals surface area contributed by atoms with E-state index in [1.165, 1.54) is 0 Å². The van der Waals surface area contributed by atoms with Gasteiger partial charge in [0, 0.05) is 60.5 Å². The van der Waals surface area contributed by atoms with Crippen LogP contribution in [-0.4, -0.2) is 69.8 Å². The van der Waals surface area contributed by atoms with E-state index < -0.39 is 0 Å². The van der Waals surface area contributed by atoms with Gasteiger partial charge in [-0.25, -0.2) is 4.98 Å². The van der Waals surface area contributed by atoms with E-state index in [1.807, 2.05) is 58.3 Å². The molecule has 1 aromatic heterocycles. The summed E-state index contributed by atoms with van der Waals surface area (Å²) in [6, 6.07) is 21.2. The molecule has 0 saturated carbocycles. The molecule has 3 aromatic carbocycles. The summed E-state index contributed by atoms with van der Waals surface area (Å²) in [5, 5.41) is 0.652. The Kier molecular flexibility index (Phi) is 4.91. The molecule has 7 rings (SSSR count). The Balaban J connectivity index is 0.965. The molecule has 0 bridgehead atoms. The van der Waals surface area contributed by atoms with Crippen molar-refractivity contribution in [2.75, 3.05) is 26.2 Å². The smallest absolute Gasteiger partial charge is 0.254 e. The van der Waals surface area contributed by atoms with Gasteiger partial charge in [0.2, 0.25) is 5.89 Å². The fraction of sp³-hybridized carbons (Fsp3) is 0.250. The summed E-state index contributed by atoms with van der Waals surface area (Å²) in [5.41, 5.74) is 4.68. The Bertz CT molecular complexity index is 1500. The number of aromatic nitrogens is 1. The molecule has 2 amide bonds. The second-order valence-electron chi connectivity index (χ2n) is 9.77. The van der Waals surface area contributed by atoms with Crippen molar-refractivity contribution in [3.63, 3.8) is 0 Å². The van der Waals surface area contributed by atoms with Gasteiger partial charge in [-0.1, -0.05) is 29.8 Å². The third kappa shape index (κ3) is 3.50. The number of halogens is 1. The van der Waals surface area contributed by atoms with Crippen LogP contribution in [0.5, 0.6) is 0 Å². The number of fused-ring (bicyclic) bond motifs is 2. The molecular formula is C28H23ClN4O3. The normalized spacial score (nSPS) is 18.4. The molecule has 2 saturated heterocycles. The number of nitrogens with zero attached hydrogens (tertiary/aromatic N) is 4. The van der Waals surface area contributed by atoms with E-state index in [1.54, 1.807) is 18.2 Å². The average molecular weight is 499 g/mol. The fourth-order valence-electron chi connectivity index (χ4n) is 5.36. The molecule has 4 aromatic rings. The van der Waals surface area contributed by atoms with Crippen LogP contribution >= 0.6 is 11.6 Å². The Labute approximate surface area is 212 Å². The quantitative estimate of drug-likeness (QED) is 0.419. The monoisotopic (exact) mass is 498 g/mol. The largest absolute Gasteiger partial charge is 0.436 e. The lowest BCUT2D eigenvalue weighted by atomic mass is 9.98. The van der Waals surface area contributed by atoms with Crippen LogP contribution in [0.1, 0.15) is 26.3 Å². The first-order valence-corrected chi connectivity index (χ1v) is 12.5. The average Bonchev–Trinajstić information content (AvgIpc) is 3.40. The summed E-state index contributed by atoms with van der Waals surface area (Å²) in [4.78, 5) is 36.6. The number of benzene rings is 3. The summed E-state index contributed by atoms with van der Waals surface area (Å²) >= 11 is 5.97. The first-order valence-electron chi connectivity index (χ1n) is 12.1. The number of carbonyl (C=O) groups excluding carboxylic acids is 2. The van der Waals surface area contributed by atoms with Crippen molar-refractivity contribution >= 4 is 34.5 Å². The molecule has 8 heteroatoms. The molecular weight excluding hydrogens is 476 g/mol. The Hall–Kier alpha value is -3.68. The SMILES string of the molecule is O=C(c1ccc2nc(-c3ccc(Cl)cc3)oc2c1)N1CC(N2CC(N3Cc4ccccc4C3=O)C2)C1. The maximum atomic E-state index is 13.1. The maximum absolute atomic E-state index is 13.1. The van der Waals surface area contributed by atoms with Crippen LogP contribution in [0.4, 0.5) is 0 Å². The second-order valence-corrected chi connectivity index (χ2v) is 10.2. The van der Waals surface area contributed by atoms with Crippen molar-refractivity contribution in [3.8, 4) is 11.5 Å². The van der Waals surface area contributed by atoms with E-state index in [0.29, 0.717) is 53.3 Å². The maximum Gasteiger partial charge on any atom is 0.254 e. The Morgan fingerprint density at radius 3 is 2.50 bits per heavy atom. The van der Waals surface area contributed by atoms with Crippen LogP contribution in [0.25, 0.3) is 22.6 Å². The van der Waals surface area contributed by atoms with Gasteiger partial charge in [-0.2, -0.15) is 0 Å². The van der Waals surface area contributed by atoms with Crippen molar-refractivity contribution in [3.05, 3.63) is 88.4 Å². The number of carbonyl (C=O) groups is 2. The third-order valence-electron chi connectivity index (χ3n) is 7.57. The molecule has 0 aliphatic carbocycles. The minimum Gasteiger partial charge on any atom is -0.436 e. The minimum absolute atomic E-state index is 0.000151. The van der Waals surface area contributed by atoms with Gasteiger partial charge < -0.3 is 14.2 Å². The summed E-state index contributed by atoms with van der Waals surface area (Å²) in [6.07, 6.45) is 0. The van der Waals surface area contributed by atoms with Crippen molar-refractivity contribution in [2.45, 2.75) is 18.6 Å². The molecule has 0 spiro atoms. The standard InChI is InChI=1S/C28H23ClN4O3/c29-20-8-5-17(6-9-20)26-30-24-10-7-18(11-25(24)36-26)27(34)32-13-21(14-32)31-15-22(16-31)33-12-19-3-1-2-4-23(19)28(33)35/h1-11,21-22H,12-16H2. The summed E-state index contributed by atoms with van der Waals surface area (Å²) in [6.45, 7) is 3.83. The van der Waals surface area contributed by atoms with Crippen LogP contribution in [0.2, 0.25) is 5.02 Å². The van der Waals surface area contributed by atoms with E-state index in [4.69, 9.17) is 16.0 Å². The summed E-state index contributed by atoms with van der Waals surface area (Å²) < 4.78 is 5.93. The van der Waals surface area contributed by atoms with Gasteiger partial charge in [0.15, 0.2) is 5.58 Å². The van der Waals surface area contributed by atoms with Crippen molar-refractivity contribution in [2.24, 2.45) is 0 Å². The predicted molar refractivity (Wildman–Crippen MR) is 136 cm³/mol. The number of hydrogen-bond acceptors (Lipinski definition) is 5. The Morgan fingerprint density at radius 1 is 0.944 bits per heavy atom. The van der Waals surface area contributed by atoms with Crippen LogP contribution in [0, 0.1) is 0 Å². The number of amides is 2. The highest BCUT2D eigenvalue weighted by Gasteiger charge is 2.45. The van der Waals surface area contributed by atoms with Crippen molar-refractivity contribution in [1.82, 2.24) is 19.7 Å². The van der Waals surface area contributed by atoms with Crippen LogP contribution in [0.3, 0.4) is 0 Å². The van der Waals surface area contributed by atoms with Gasteiger partial charge in [-0.05, 0) is 54.1 Å². The zero-order valence-electron chi connectivity index (χ0n) is 19.4. The zero-order chi connectivity index (χ0) is 24.4. The van der Waals surface area contributed by atoms with Crippen molar-refractivity contribution in [1.29, 1.82) is 0 Å². The second kappa shape index (κ2) is 8.18. The molecule has 0 unspecified atom stereocenters. The minimum atomic E-state index is -0.000151. The molecule has 180 valence electrons. The zero-order valence-corrected chi connectivity index (χ0v) is 20.2. The summed E-state index contributed by atoms with van der Waals surface area (Å²) in [7, 11) is 0.